The van der Waals surface area contributed by atoms with E-state index in [1.807, 2.05) is 36.4 Å². The summed E-state index contributed by atoms with van der Waals surface area (Å²) in [6, 6.07) is 18.6. The molecule has 7 nitrogen and oxygen atoms in total. The summed E-state index contributed by atoms with van der Waals surface area (Å²) in [5, 5.41) is 11.6. The molecule has 0 unspecified atom stereocenters. The van der Waals surface area contributed by atoms with Gasteiger partial charge in [-0.05, 0) is 54.1 Å². The molecule has 2 heterocycles. The van der Waals surface area contributed by atoms with Gasteiger partial charge in [-0.3, -0.25) is 0 Å². The maximum absolute atomic E-state index is 13.3. The van der Waals surface area contributed by atoms with Crippen molar-refractivity contribution in [3.63, 3.8) is 0 Å². The predicted molar refractivity (Wildman–Crippen MR) is 120 cm³/mol. The number of ether oxygens (including phenoxy) is 2. The van der Waals surface area contributed by atoms with Crippen molar-refractivity contribution >= 4 is 11.7 Å². The minimum absolute atomic E-state index is 0.0182. The number of benzene rings is 2. The SMILES string of the molecule is N#Cc1ccc(NC(=O)N2CCC(Oc3ccc(OCc4cccc(F)c4)cc3)CC2)cn1. The number of halogens is 1. The summed E-state index contributed by atoms with van der Waals surface area (Å²) in [5.41, 5.74) is 1.62. The standard InChI is InChI=1S/C25H23FN4O3/c26-19-3-1-2-18(14-19)17-32-22-6-8-23(9-7-22)33-24-10-12-30(13-11-24)25(31)29-21-5-4-20(15-27)28-16-21/h1-9,14,16,24H,10-13,17H2,(H,29,31). The number of aromatic nitrogens is 1. The Labute approximate surface area is 191 Å². The van der Waals surface area contributed by atoms with Crippen LogP contribution in [0, 0.1) is 17.1 Å². The third-order valence-electron chi connectivity index (χ3n) is 5.28. The van der Waals surface area contributed by atoms with Crippen molar-refractivity contribution in [2.75, 3.05) is 18.4 Å². The van der Waals surface area contributed by atoms with Gasteiger partial charge in [-0.25, -0.2) is 14.2 Å². The highest BCUT2D eigenvalue weighted by molar-refractivity contribution is 5.89. The number of amides is 2. The largest absolute Gasteiger partial charge is 0.490 e. The third-order valence-corrected chi connectivity index (χ3v) is 5.28. The van der Waals surface area contributed by atoms with E-state index >= 15 is 0 Å². The number of carbonyl (C=O) groups is 1. The third kappa shape index (κ3) is 6.20. The molecule has 0 aliphatic carbocycles. The van der Waals surface area contributed by atoms with Crippen molar-refractivity contribution in [2.45, 2.75) is 25.6 Å². The molecule has 2 amide bonds. The average Bonchev–Trinajstić information content (AvgIpc) is 2.84. The Morgan fingerprint density at radius 1 is 1.12 bits per heavy atom. The number of anilines is 1. The quantitative estimate of drug-likeness (QED) is 0.591. The fourth-order valence-electron chi connectivity index (χ4n) is 3.51. The number of urea groups is 1. The minimum atomic E-state index is -0.283. The van der Waals surface area contributed by atoms with Crippen molar-refractivity contribution < 1.29 is 18.7 Å². The van der Waals surface area contributed by atoms with Crippen LogP contribution in [0.2, 0.25) is 0 Å². The van der Waals surface area contributed by atoms with Gasteiger partial charge in [0.2, 0.25) is 0 Å². The van der Waals surface area contributed by atoms with Gasteiger partial charge in [-0.2, -0.15) is 5.26 Å². The van der Waals surface area contributed by atoms with E-state index in [1.165, 1.54) is 18.3 Å². The Hall–Kier alpha value is -4.12. The number of nitriles is 1. The topological polar surface area (TPSA) is 87.5 Å². The molecule has 0 spiro atoms. The summed E-state index contributed by atoms with van der Waals surface area (Å²) < 4.78 is 25.0. The molecule has 0 atom stereocenters. The van der Waals surface area contributed by atoms with Gasteiger partial charge in [0, 0.05) is 25.9 Å². The second-order valence-corrected chi connectivity index (χ2v) is 7.67. The maximum Gasteiger partial charge on any atom is 0.321 e. The van der Waals surface area contributed by atoms with Gasteiger partial charge in [0.25, 0.3) is 0 Å². The molecule has 0 saturated carbocycles. The first-order valence-electron chi connectivity index (χ1n) is 10.6. The van der Waals surface area contributed by atoms with Crippen molar-refractivity contribution in [2.24, 2.45) is 0 Å². The molecule has 4 rings (SSSR count). The number of piperidine rings is 1. The number of hydrogen-bond donors (Lipinski definition) is 1. The summed E-state index contributed by atoms with van der Waals surface area (Å²) in [6.45, 7) is 1.45. The van der Waals surface area contributed by atoms with E-state index in [2.05, 4.69) is 10.3 Å². The van der Waals surface area contributed by atoms with Crippen LogP contribution >= 0.6 is 0 Å². The smallest absolute Gasteiger partial charge is 0.321 e. The van der Waals surface area contributed by atoms with Gasteiger partial charge in [0.1, 0.15) is 41.8 Å². The van der Waals surface area contributed by atoms with E-state index in [1.54, 1.807) is 23.1 Å². The minimum Gasteiger partial charge on any atom is -0.490 e. The number of hydrogen-bond acceptors (Lipinski definition) is 5. The second-order valence-electron chi connectivity index (χ2n) is 7.67. The monoisotopic (exact) mass is 446 g/mol. The van der Waals surface area contributed by atoms with E-state index in [9.17, 15) is 9.18 Å². The van der Waals surface area contributed by atoms with E-state index in [0.717, 1.165) is 24.2 Å². The highest BCUT2D eigenvalue weighted by Gasteiger charge is 2.24. The summed E-state index contributed by atoms with van der Waals surface area (Å²) in [6.07, 6.45) is 2.93. The molecule has 0 bridgehead atoms. The lowest BCUT2D eigenvalue weighted by atomic mass is 10.1. The van der Waals surface area contributed by atoms with Crippen LogP contribution in [0.15, 0.2) is 66.9 Å². The normalized spacial score (nSPS) is 13.8. The van der Waals surface area contributed by atoms with Gasteiger partial charge in [0.05, 0.1) is 11.9 Å². The van der Waals surface area contributed by atoms with Gasteiger partial charge >= 0.3 is 6.03 Å². The molecule has 1 fully saturated rings. The molecule has 1 N–H and O–H groups in total. The first kappa shape index (κ1) is 22.1. The molecule has 1 aromatic heterocycles. The van der Waals surface area contributed by atoms with Crippen LogP contribution in [0.4, 0.5) is 14.9 Å². The Balaban J connectivity index is 1.21. The zero-order valence-electron chi connectivity index (χ0n) is 17.9. The molecule has 0 radical (unpaired) electrons. The summed E-state index contributed by atoms with van der Waals surface area (Å²) >= 11 is 0. The number of nitrogens with zero attached hydrogens (tertiary/aromatic N) is 3. The lowest BCUT2D eigenvalue weighted by Gasteiger charge is -2.32. The average molecular weight is 446 g/mol. The Morgan fingerprint density at radius 2 is 1.88 bits per heavy atom. The molecular weight excluding hydrogens is 423 g/mol. The van der Waals surface area contributed by atoms with Crippen LogP contribution in [-0.2, 0) is 6.61 Å². The number of pyridine rings is 1. The van der Waals surface area contributed by atoms with Crippen LogP contribution in [0.1, 0.15) is 24.1 Å². The molecule has 8 heteroatoms. The van der Waals surface area contributed by atoms with E-state index in [0.29, 0.717) is 30.2 Å². The molecule has 3 aromatic rings. The van der Waals surface area contributed by atoms with Crippen molar-refractivity contribution in [1.82, 2.24) is 9.88 Å². The second kappa shape index (κ2) is 10.5. The lowest BCUT2D eigenvalue weighted by molar-refractivity contribution is 0.115. The Morgan fingerprint density at radius 3 is 2.55 bits per heavy atom. The fraction of sp³-hybridized carbons (Fsp3) is 0.240. The van der Waals surface area contributed by atoms with Gasteiger partial charge in [-0.15, -0.1) is 0 Å². The zero-order valence-corrected chi connectivity index (χ0v) is 17.9. The highest BCUT2D eigenvalue weighted by Crippen LogP contribution is 2.23. The lowest BCUT2D eigenvalue weighted by Crippen LogP contribution is -2.43. The van der Waals surface area contributed by atoms with Crippen LogP contribution in [0.25, 0.3) is 0 Å². The summed E-state index contributed by atoms with van der Waals surface area (Å²) in [7, 11) is 0. The molecule has 1 aliphatic rings. The predicted octanol–water partition coefficient (Wildman–Crippen LogP) is 4.75. The Kier molecular flexibility index (Phi) is 7.00. The van der Waals surface area contributed by atoms with Crippen molar-refractivity contribution in [3.05, 3.63) is 83.9 Å². The molecule has 1 aliphatic heterocycles. The van der Waals surface area contributed by atoms with Gasteiger partial charge in [-0.1, -0.05) is 12.1 Å². The first-order chi connectivity index (χ1) is 16.1. The molecular formula is C25H23FN4O3. The summed E-state index contributed by atoms with van der Waals surface area (Å²) in [5.74, 6) is 1.13. The molecule has 2 aromatic carbocycles. The zero-order chi connectivity index (χ0) is 23.0. The molecule has 33 heavy (non-hydrogen) atoms. The van der Waals surface area contributed by atoms with Crippen LogP contribution in [0.5, 0.6) is 11.5 Å². The van der Waals surface area contributed by atoms with Gasteiger partial charge < -0.3 is 19.7 Å². The maximum atomic E-state index is 13.3. The van der Waals surface area contributed by atoms with Crippen molar-refractivity contribution in [1.29, 1.82) is 5.26 Å². The van der Waals surface area contributed by atoms with Gasteiger partial charge in [0.15, 0.2) is 0 Å². The fourth-order valence-corrected chi connectivity index (χ4v) is 3.51. The first-order valence-corrected chi connectivity index (χ1v) is 10.6. The number of rotatable bonds is 6. The van der Waals surface area contributed by atoms with Crippen LogP contribution < -0.4 is 14.8 Å². The van der Waals surface area contributed by atoms with Crippen LogP contribution in [0.3, 0.4) is 0 Å². The number of carbonyl (C=O) groups excluding carboxylic acids is 1. The summed E-state index contributed by atoms with van der Waals surface area (Å²) in [4.78, 5) is 18.1. The number of likely N-dealkylation sites (tertiary alicyclic amines) is 1. The van der Waals surface area contributed by atoms with Crippen LogP contribution in [-0.4, -0.2) is 35.1 Å². The number of nitrogens with one attached hydrogen (secondary N) is 1. The highest BCUT2D eigenvalue weighted by atomic mass is 19.1. The van der Waals surface area contributed by atoms with E-state index in [-0.39, 0.29) is 24.6 Å². The van der Waals surface area contributed by atoms with E-state index < -0.39 is 0 Å². The van der Waals surface area contributed by atoms with Crippen molar-refractivity contribution in [3.8, 4) is 17.6 Å². The molecule has 1 saturated heterocycles. The molecule has 168 valence electrons. The Bertz CT molecular complexity index is 1120. The van der Waals surface area contributed by atoms with E-state index in [4.69, 9.17) is 14.7 Å².